The summed E-state index contributed by atoms with van der Waals surface area (Å²) in [5.74, 6) is -0.967. The summed E-state index contributed by atoms with van der Waals surface area (Å²) in [6.45, 7) is 0. The molecule has 11 aromatic rings. The summed E-state index contributed by atoms with van der Waals surface area (Å²) in [7, 11) is 0. The van der Waals surface area contributed by atoms with Gasteiger partial charge in [0.15, 0.2) is 0 Å². The molecule has 0 bridgehead atoms. The highest BCUT2D eigenvalue weighted by atomic mass is 19.1. The lowest BCUT2D eigenvalue weighted by molar-refractivity contribution is 0.629. The summed E-state index contributed by atoms with van der Waals surface area (Å²) >= 11 is 0. The van der Waals surface area contributed by atoms with E-state index in [1.165, 1.54) is 33.1 Å². The van der Waals surface area contributed by atoms with E-state index in [2.05, 4.69) is 22.1 Å². The smallest absolute Gasteiger partial charge is 0.264 e. The molecule has 222 valence electrons. The van der Waals surface area contributed by atoms with Crippen LogP contribution in [0.25, 0.3) is 98.0 Å². The molecule has 8 nitrogen and oxygen atoms in total. The molecule has 11 rings (SSSR count). The molecule has 4 aromatic heterocycles. The topological polar surface area (TPSA) is 122 Å². The number of aromatic nitrogens is 4. The van der Waals surface area contributed by atoms with Crippen molar-refractivity contribution in [1.29, 1.82) is 10.5 Å². The number of aromatic amines is 2. The van der Waals surface area contributed by atoms with Crippen molar-refractivity contribution in [1.82, 2.24) is 18.8 Å². The molecular formula is C38H14F2N6O2. The Kier molecular flexibility index (Phi) is 4.21. The largest absolute Gasteiger partial charge is 0.339 e. The van der Waals surface area contributed by atoms with Crippen LogP contribution in [-0.4, -0.2) is 18.8 Å². The second-order valence-electron chi connectivity index (χ2n) is 12.3. The molecule has 0 aliphatic carbocycles. The number of halogens is 2. The second-order valence-corrected chi connectivity index (χ2v) is 12.3. The van der Waals surface area contributed by atoms with Crippen LogP contribution in [0.4, 0.5) is 8.78 Å². The SMILES string of the molecule is N#Cc1cc2c(=O)n3c4cc(F)ccc4[nH]c3c3ccc4c5c(C#N)cc6c7c(ccc(c1c4c23)c57)c(=O)n1c2cc(F)ccc2[nH]c61. The van der Waals surface area contributed by atoms with Crippen LogP contribution in [0.15, 0.2) is 82.4 Å². The number of benzene rings is 7. The number of rotatable bonds is 0. The van der Waals surface area contributed by atoms with Crippen LogP contribution >= 0.6 is 0 Å². The van der Waals surface area contributed by atoms with Gasteiger partial charge in [-0.1, -0.05) is 18.2 Å². The van der Waals surface area contributed by atoms with E-state index < -0.39 is 17.2 Å². The van der Waals surface area contributed by atoms with E-state index in [0.29, 0.717) is 104 Å². The summed E-state index contributed by atoms with van der Waals surface area (Å²) < 4.78 is 31.6. The van der Waals surface area contributed by atoms with E-state index in [1.807, 2.05) is 12.1 Å². The van der Waals surface area contributed by atoms with E-state index >= 15 is 0 Å². The molecule has 0 spiro atoms. The Morgan fingerprint density at radius 2 is 0.958 bits per heavy atom. The molecule has 2 N–H and O–H groups in total. The van der Waals surface area contributed by atoms with Crippen molar-refractivity contribution in [3.05, 3.63) is 116 Å². The predicted octanol–water partition coefficient (Wildman–Crippen LogP) is 7.69. The van der Waals surface area contributed by atoms with Crippen LogP contribution in [-0.2, 0) is 0 Å². The summed E-state index contributed by atoms with van der Waals surface area (Å²) in [4.78, 5) is 34.9. The van der Waals surface area contributed by atoms with Gasteiger partial charge in [0.25, 0.3) is 11.1 Å². The van der Waals surface area contributed by atoms with Crippen molar-refractivity contribution >= 4 is 98.0 Å². The third kappa shape index (κ3) is 2.67. The number of pyridine rings is 2. The van der Waals surface area contributed by atoms with Gasteiger partial charge in [0.05, 0.1) is 50.7 Å². The summed E-state index contributed by atoms with van der Waals surface area (Å²) in [5, 5.41) is 28.2. The third-order valence-electron chi connectivity index (χ3n) is 10.1. The van der Waals surface area contributed by atoms with Gasteiger partial charge in [-0.3, -0.25) is 18.4 Å². The van der Waals surface area contributed by atoms with Gasteiger partial charge >= 0.3 is 0 Å². The van der Waals surface area contributed by atoms with Gasteiger partial charge in [-0.2, -0.15) is 10.5 Å². The Labute approximate surface area is 264 Å². The fourth-order valence-electron chi connectivity index (χ4n) is 8.25. The minimum Gasteiger partial charge on any atom is -0.339 e. The fraction of sp³-hybridized carbons (Fsp3) is 0. The van der Waals surface area contributed by atoms with Crippen molar-refractivity contribution in [3.8, 4) is 12.1 Å². The molecule has 0 saturated heterocycles. The number of H-pyrrole nitrogens is 2. The standard InChI is InChI=1S/C38H14F2N6O2/c39-17-1-7-25-27(11-17)45-35(43-25)21-5-3-19-29-15(13-41)9-23-32-22(37(47)46-28-12-18(40)2-8-26(28)44-36(23)46)6-4-20(34(29)32)30-16(14-42)10-24(38(45)48)31(21)33(19)30/h1-12,43-44H. The van der Waals surface area contributed by atoms with Gasteiger partial charge < -0.3 is 9.97 Å². The molecule has 48 heavy (non-hydrogen) atoms. The second kappa shape index (κ2) is 8.02. The van der Waals surface area contributed by atoms with Gasteiger partial charge in [0.1, 0.15) is 22.9 Å². The molecule has 10 heteroatoms. The first kappa shape index (κ1) is 25.2. The number of fused-ring (bicyclic) bond motifs is 10. The lowest BCUT2D eigenvalue weighted by Crippen LogP contribution is -2.14. The van der Waals surface area contributed by atoms with Crippen molar-refractivity contribution in [2.45, 2.75) is 0 Å². The highest BCUT2D eigenvalue weighted by Gasteiger charge is 2.27. The lowest BCUT2D eigenvalue weighted by atomic mass is 9.83. The van der Waals surface area contributed by atoms with E-state index in [-0.39, 0.29) is 11.1 Å². The maximum absolute atomic E-state index is 14.3. The van der Waals surface area contributed by atoms with Crippen molar-refractivity contribution in [2.24, 2.45) is 0 Å². The Morgan fingerprint density at radius 1 is 0.500 bits per heavy atom. The molecule has 0 aliphatic heterocycles. The third-order valence-corrected chi connectivity index (χ3v) is 10.1. The van der Waals surface area contributed by atoms with Crippen LogP contribution in [0.3, 0.4) is 0 Å². The highest BCUT2D eigenvalue weighted by Crippen LogP contribution is 2.48. The maximum atomic E-state index is 14.3. The van der Waals surface area contributed by atoms with Gasteiger partial charge in [-0.05, 0) is 53.2 Å². The van der Waals surface area contributed by atoms with Gasteiger partial charge in [0.2, 0.25) is 0 Å². The zero-order chi connectivity index (χ0) is 32.3. The maximum Gasteiger partial charge on any atom is 0.264 e. The van der Waals surface area contributed by atoms with Crippen LogP contribution in [0, 0.1) is 34.3 Å². The van der Waals surface area contributed by atoms with Crippen LogP contribution in [0.1, 0.15) is 11.1 Å². The van der Waals surface area contributed by atoms with Gasteiger partial charge in [0, 0.05) is 60.6 Å². The Balaban J connectivity index is 1.45. The van der Waals surface area contributed by atoms with Gasteiger partial charge in [-0.15, -0.1) is 0 Å². The monoisotopic (exact) mass is 624 g/mol. The first-order chi connectivity index (χ1) is 23.4. The van der Waals surface area contributed by atoms with Crippen molar-refractivity contribution in [3.63, 3.8) is 0 Å². The minimum atomic E-state index is -0.484. The van der Waals surface area contributed by atoms with Crippen LogP contribution in [0.2, 0.25) is 0 Å². The zero-order valence-corrected chi connectivity index (χ0v) is 24.3. The molecule has 0 radical (unpaired) electrons. The molecule has 0 unspecified atom stereocenters. The predicted molar refractivity (Wildman–Crippen MR) is 181 cm³/mol. The number of nitrogens with zero attached hydrogens (tertiary/aromatic N) is 4. The Hall–Kier alpha value is -7.04. The normalized spacial score (nSPS) is 12.5. The van der Waals surface area contributed by atoms with Crippen molar-refractivity contribution < 1.29 is 8.78 Å². The van der Waals surface area contributed by atoms with Crippen LogP contribution < -0.4 is 11.1 Å². The summed E-state index contributed by atoms with van der Waals surface area (Å²) in [6.07, 6.45) is 0. The lowest BCUT2D eigenvalue weighted by Gasteiger charge is -2.20. The quantitative estimate of drug-likeness (QED) is 0.133. The minimum absolute atomic E-state index is 0.252. The van der Waals surface area contributed by atoms with Crippen LogP contribution in [0.5, 0.6) is 0 Å². The van der Waals surface area contributed by atoms with Gasteiger partial charge in [-0.25, -0.2) is 8.78 Å². The fourth-order valence-corrected chi connectivity index (χ4v) is 8.25. The number of hydrogen-bond donors (Lipinski definition) is 2. The number of nitrogens with one attached hydrogen (secondary N) is 2. The molecular weight excluding hydrogens is 610 g/mol. The number of imidazole rings is 2. The molecule has 4 heterocycles. The summed E-state index contributed by atoms with van der Waals surface area (Å²) in [5.41, 5.74) is 2.65. The first-order valence-electron chi connectivity index (χ1n) is 15.0. The summed E-state index contributed by atoms with van der Waals surface area (Å²) in [6, 6.07) is 23.6. The first-order valence-corrected chi connectivity index (χ1v) is 15.0. The highest BCUT2D eigenvalue weighted by molar-refractivity contribution is 6.42. The van der Waals surface area contributed by atoms with E-state index in [9.17, 15) is 28.9 Å². The molecule has 0 fully saturated rings. The molecule has 0 atom stereocenters. The number of nitriles is 2. The average Bonchev–Trinajstić information content (AvgIpc) is 3.67. The Morgan fingerprint density at radius 3 is 1.52 bits per heavy atom. The Bertz CT molecular complexity index is 3510. The van der Waals surface area contributed by atoms with E-state index in [0.717, 1.165) is 0 Å². The average molecular weight is 625 g/mol. The molecule has 0 aliphatic rings. The van der Waals surface area contributed by atoms with E-state index in [1.54, 1.807) is 36.4 Å². The van der Waals surface area contributed by atoms with E-state index in [4.69, 9.17) is 0 Å². The number of hydrogen-bond acceptors (Lipinski definition) is 4. The molecule has 7 aromatic carbocycles. The zero-order valence-electron chi connectivity index (χ0n) is 24.3. The molecule has 0 amide bonds. The molecule has 0 saturated carbocycles. The van der Waals surface area contributed by atoms with Crippen molar-refractivity contribution in [2.75, 3.05) is 0 Å².